The summed E-state index contributed by atoms with van der Waals surface area (Å²) in [7, 11) is 1.88. The Morgan fingerprint density at radius 1 is 1.17 bits per heavy atom. The molecular formula is C14H18N4. The normalized spacial score (nSPS) is 10.3. The van der Waals surface area contributed by atoms with Crippen molar-refractivity contribution in [2.75, 3.05) is 12.4 Å². The van der Waals surface area contributed by atoms with Crippen molar-refractivity contribution in [2.24, 2.45) is 0 Å². The average molecular weight is 242 g/mol. The minimum Gasteiger partial charge on any atom is -0.373 e. The maximum absolute atomic E-state index is 4.59. The van der Waals surface area contributed by atoms with E-state index < -0.39 is 0 Å². The molecule has 2 aromatic rings. The van der Waals surface area contributed by atoms with Gasteiger partial charge in [-0.05, 0) is 24.1 Å². The lowest BCUT2D eigenvalue weighted by Gasteiger charge is -2.07. The number of aryl methyl sites for hydroxylation is 1. The van der Waals surface area contributed by atoms with Crippen LogP contribution in [-0.4, -0.2) is 22.0 Å². The summed E-state index contributed by atoms with van der Waals surface area (Å²) in [6, 6.07) is 6.03. The fourth-order valence-electron chi connectivity index (χ4n) is 1.82. The molecule has 0 atom stereocenters. The summed E-state index contributed by atoms with van der Waals surface area (Å²) in [4.78, 5) is 13.1. The highest BCUT2D eigenvalue weighted by molar-refractivity contribution is 5.36. The summed E-state index contributed by atoms with van der Waals surface area (Å²) in [5.41, 5.74) is 2.26. The molecule has 0 bridgehead atoms. The van der Waals surface area contributed by atoms with E-state index in [-0.39, 0.29) is 0 Å². The molecule has 0 aromatic carbocycles. The van der Waals surface area contributed by atoms with E-state index in [2.05, 4.69) is 27.2 Å². The summed E-state index contributed by atoms with van der Waals surface area (Å²) in [5.74, 6) is 1.80. The van der Waals surface area contributed by atoms with Crippen molar-refractivity contribution in [2.45, 2.75) is 26.2 Å². The zero-order chi connectivity index (χ0) is 12.8. The highest BCUT2D eigenvalue weighted by Crippen LogP contribution is 2.12. The van der Waals surface area contributed by atoms with Crippen molar-refractivity contribution in [1.29, 1.82) is 0 Å². The second-order valence-electron chi connectivity index (χ2n) is 4.19. The molecule has 0 aliphatic carbocycles. The molecule has 2 heterocycles. The van der Waals surface area contributed by atoms with Crippen molar-refractivity contribution >= 4 is 5.82 Å². The minimum absolute atomic E-state index is 0.816. The van der Waals surface area contributed by atoms with Gasteiger partial charge in [0.2, 0.25) is 0 Å². The smallest absolute Gasteiger partial charge is 0.131 e. The van der Waals surface area contributed by atoms with E-state index in [1.807, 2.05) is 37.6 Å². The molecule has 0 spiro atoms. The maximum Gasteiger partial charge on any atom is 0.131 e. The zero-order valence-electron chi connectivity index (χ0n) is 10.8. The summed E-state index contributed by atoms with van der Waals surface area (Å²) in [6.07, 6.45) is 6.40. The van der Waals surface area contributed by atoms with E-state index in [0.717, 1.165) is 36.6 Å². The predicted octanol–water partition coefficient (Wildman–Crippen LogP) is 2.46. The monoisotopic (exact) mass is 242 g/mol. The molecule has 0 aliphatic heterocycles. The van der Waals surface area contributed by atoms with E-state index >= 15 is 0 Å². The van der Waals surface area contributed by atoms with Gasteiger partial charge >= 0.3 is 0 Å². The Balaban J connectivity index is 2.24. The number of hydrogen-bond donors (Lipinski definition) is 1. The summed E-state index contributed by atoms with van der Waals surface area (Å²) in [5, 5.41) is 3.09. The summed E-state index contributed by atoms with van der Waals surface area (Å²) in [6.45, 7) is 2.14. The third kappa shape index (κ3) is 3.26. The van der Waals surface area contributed by atoms with Gasteiger partial charge < -0.3 is 5.32 Å². The predicted molar refractivity (Wildman–Crippen MR) is 72.6 cm³/mol. The lowest BCUT2D eigenvalue weighted by atomic mass is 10.1. The Morgan fingerprint density at radius 2 is 1.94 bits per heavy atom. The Morgan fingerprint density at radius 3 is 2.61 bits per heavy atom. The molecule has 18 heavy (non-hydrogen) atoms. The first-order valence-corrected chi connectivity index (χ1v) is 6.25. The third-order valence-electron chi connectivity index (χ3n) is 2.69. The second-order valence-corrected chi connectivity index (χ2v) is 4.19. The van der Waals surface area contributed by atoms with Crippen molar-refractivity contribution in [1.82, 2.24) is 15.0 Å². The van der Waals surface area contributed by atoms with E-state index in [0.29, 0.717) is 0 Å². The fraction of sp³-hybridized carbons (Fsp3) is 0.357. The lowest BCUT2D eigenvalue weighted by Crippen LogP contribution is -2.04. The first kappa shape index (κ1) is 12.5. The maximum atomic E-state index is 4.59. The van der Waals surface area contributed by atoms with Crippen LogP contribution in [0.1, 0.15) is 30.4 Å². The van der Waals surface area contributed by atoms with Crippen LogP contribution in [0.3, 0.4) is 0 Å². The van der Waals surface area contributed by atoms with Gasteiger partial charge in [0.15, 0.2) is 0 Å². The molecule has 0 amide bonds. The van der Waals surface area contributed by atoms with Crippen molar-refractivity contribution in [3.8, 4) is 0 Å². The van der Waals surface area contributed by atoms with E-state index in [1.165, 1.54) is 5.56 Å². The topological polar surface area (TPSA) is 50.7 Å². The van der Waals surface area contributed by atoms with Crippen LogP contribution < -0.4 is 5.32 Å². The zero-order valence-corrected chi connectivity index (χ0v) is 10.8. The average Bonchev–Trinajstić information content (AvgIpc) is 2.40. The molecule has 0 unspecified atom stereocenters. The van der Waals surface area contributed by atoms with E-state index in [9.17, 15) is 0 Å². The molecule has 1 N–H and O–H groups in total. The Labute approximate surface area is 108 Å². The standard InChI is InChI=1S/C14H18N4/c1-3-4-13-17-12(10-14(15-2)18-13)9-11-5-7-16-8-6-11/h5-8,10H,3-4,9H2,1-2H3,(H,15,17,18). The van der Waals surface area contributed by atoms with Crippen LogP contribution in [0.5, 0.6) is 0 Å². The first-order chi connectivity index (χ1) is 8.81. The molecule has 4 heteroatoms. The van der Waals surface area contributed by atoms with Gasteiger partial charge in [-0.1, -0.05) is 6.92 Å². The Kier molecular flexibility index (Phi) is 4.23. The van der Waals surface area contributed by atoms with Crippen LogP contribution in [0, 0.1) is 0 Å². The number of nitrogens with one attached hydrogen (secondary N) is 1. The van der Waals surface area contributed by atoms with Gasteiger partial charge in [-0.2, -0.15) is 0 Å². The largest absolute Gasteiger partial charge is 0.373 e. The first-order valence-electron chi connectivity index (χ1n) is 6.25. The van der Waals surface area contributed by atoms with Crippen molar-refractivity contribution in [3.63, 3.8) is 0 Å². The number of pyridine rings is 1. The fourth-order valence-corrected chi connectivity index (χ4v) is 1.82. The molecule has 2 rings (SSSR count). The van der Waals surface area contributed by atoms with Gasteiger partial charge in [0.1, 0.15) is 11.6 Å². The van der Waals surface area contributed by atoms with Crippen LogP contribution >= 0.6 is 0 Å². The number of rotatable bonds is 5. The highest BCUT2D eigenvalue weighted by atomic mass is 15.0. The van der Waals surface area contributed by atoms with Crippen LogP contribution in [0.15, 0.2) is 30.6 Å². The molecule has 0 saturated heterocycles. The van der Waals surface area contributed by atoms with Gasteiger partial charge in [0.05, 0.1) is 5.69 Å². The minimum atomic E-state index is 0.816. The Bertz CT molecular complexity index is 496. The molecule has 0 fully saturated rings. The summed E-state index contributed by atoms with van der Waals surface area (Å²) >= 11 is 0. The molecule has 0 aliphatic rings. The van der Waals surface area contributed by atoms with E-state index in [1.54, 1.807) is 0 Å². The Hall–Kier alpha value is -1.97. The summed E-state index contributed by atoms with van der Waals surface area (Å²) < 4.78 is 0. The van der Waals surface area contributed by atoms with Crippen LogP contribution in [0.2, 0.25) is 0 Å². The van der Waals surface area contributed by atoms with Crippen LogP contribution in [0.4, 0.5) is 5.82 Å². The number of anilines is 1. The molecule has 0 radical (unpaired) electrons. The van der Waals surface area contributed by atoms with Crippen molar-refractivity contribution in [3.05, 3.63) is 47.7 Å². The van der Waals surface area contributed by atoms with Crippen LogP contribution in [-0.2, 0) is 12.8 Å². The van der Waals surface area contributed by atoms with Gasteiger partial charge in [-0.25, -0.2) is 9.97 Å². The molecular weight excluding hydrogens is 224 g/mol. The van der Waals surface area contributed by atoms with Crippen LogP contribution in [0.25, 0.3) is 0 Å². The quantitative estimate of drug-likeness (QED) is 0.875. The van der Waals surface area contributed by atoms with Crippen molar-refractivity contribution < 1.29 is 0 Å². The molecule has 4 nitrogen and oxygen atoms in total. The second kappa shape index (κ2) is 6.10. The molecule has 2 aromatic heterocycles. The number of nitrogens with zero attached hydrogens (tertiary/aromatic N) is 3. The SMILES string of the molecule is CCCc1nc(Cc2ccncc2)cc(NC)n1. The molecule has 0 saturated carbocycles. The number of aromatic nitrogens is 3. The van der Waals surface area contributed by atoms with E-state index in [4.69, 9.17) is 0 Å². The highest BCUT2D eigenvalue weighted by Gasteiger charge is 2.04. The van der Waals surface area contributed by atoms with Gasteiger partial charge in [0.25, 0.3) is 0 Å². The number of hydrogen-bond acceptors (Lipinski definition) is 4. The lowest BCUT2D eigenvalue weighted by molar-refractivity contribution is 0.819. The molecule has 94 valence electrons. The van der Waals surface area contributed by atoms with Gasteiger partial charge in [-0.3, -0.25) is 4.98 Å². The third-order valence-corrected chi connectivity index (χ3v) is 2.69. The van der Waals surface area contributed by atoms with Gasteiger partial charge in [0, 0.05) is 38.3 Å². The van der Waals surface area contributed by atoms with Gasteiger partial charge in [-0.15, -0.1) is 0 Å².